The molecule has 0 saturated heterocycles. The minimum absolute atomic E-state index is 0.329. The van der Waals surface area contributed by atoms with Crippen LogP contribution >= 0.6 is 0 Å². The second-order valence-corrected chi connectivity index (χ2v) is 3.39. The first kappa shape index (κ1) is 14.8. The topological polar surface area (TPSA) is 30.9 Å². The zero-order valence-corrected chi connectivity index (χ0v) is 10.5. The molecule has 0 saturated carbocycles. The maximum atomic E-state index is 5.45. The molecule has 0 bridgehead atoms. The monoisotopic (exact) mass is 219 g/mol. The zero-order valence-electron chi connectivity index (χ0n) is 10.5. The van der Waals surface area contributed by atoms with Crippen LogP contribution in [0.2, 0.25) is 0 Å². The molecule has 0 rings (SSSR count). The van der Waals surface area contributed by atoms with Crippen molar-refractivity contribution in [2.45, 2.75) is 19.9 Å². The number of hydrogen-bond acceptors (Lipinski definition) is 4. The van der Waals surface area contributed by atoms with Gasteiger partial charge in [0, 0.05) is 27.4 Å². The largest absolute Gasteiger partial charge is 0.383 e. The van der Waals surface area contributed by atoms with Crippen LogP contribution in [-0.2, 0) is 14.2 Å². The van der Waals surface area contributed by atoms with Crippen molar-refractivity contribution in [1.82, 2.24) is 4.90 Å². The van der Waals surface area contributed by atoms with Crippen LogP contribution in [0.4, 0.5) is 0 Å². The summed E-state index contributed by atoms with van der Waals surface area (Å²) in [6, 6.07) is 0.329. The lowest BCUT2D eigenvalue weighted by molar-refractivity contribution is 0.0145. The Hall–Kier alpha value is -0.160. The number of methoxy groups -OCH3 is 2. The fraction of sp³-hybridized carbons (Fsp3) is 1.00. The predicted octanol–water partition coefficient (Wildman–Crippen LogP) is 1.01. The third kappa shape index (κ3) is 6.84. The van der Waals surface area contributed by atoms with E-state index in [2.05, 4.69) is 11.8 Å². The summed E-state index contributed by atoms with van der Waals surface area (Å²) in [4.78, 5) is 2.32. The summed E-state index contributed by atoms with van der Waals surface area (Å²) in [6.45, 7) is 9.00. The number of nitrogens with zero attached hydrogens (tertiary/aromatic N) is 1. The van der Waals surface area contributed by atoms with Crippen LogP contribution in [0, 0.1) is 0 Å². The Kier molecular flexibility index (Phi) is 10.3. The molecule has 0 aromatic heterocycles. The van der Waals surface area contributed by atoms with Gasteiger partial charge in [-0.25, -0.2) is 0 Å². The SMILES string of the molecule is CCOCC(COC)N(CC)CCOC. The molecule has 0 aliphatic carbocycles. The van der Waals surface area contributed by atoms with Gasteiger partial charge in [0.25, 0.3) is 0 Å². The molecule has 4 nitrogen and oxygen atoms in total. The van der Waals surface area contributed by atoms with Crippen LogP contribution in [0.25, 0.3) is 0 Å². The van der Waals surface area contributed by atoms with Gasteiger partial charge in [0.05, 0.1) is 25.9 Å². The Balaban J connectivity index is 4.00. The van der Waals surface area contributed by atoms with Crippen molar-refractivity contribution < 1.29 is 14.2 Å². The summed E-state index contributed by atoms with van der Waals surface area (Å²) in [5.41, 5.74) is 0. The van der Waals surface area contributed by atoms with Gasteiger partial charge in [-0.3, -0.25) is 4.90 Å². The van der Waals surface area contributed by atoms with Crippen molar-refractivity contribution in [3.05, 3.63) is 0 Å². The van der Waals surface area contributed by atoms with Crippen LogP contribution < -0.4 is 0 Å². The quantitative estimate of drug-likeness (QED) is 0.548. The molecule has 0 spiro atoms. The summed E-state index contributed by atoms with van der Waals surface area (Å²) in [5.74, 6) is 0. The molecule has 0 aliphatic rings. The lowest BCUT2D eigenvalue weighted by Crippen LogP contribution is -2.43. The first-order chi connectivity index (χ1) is 7.29. The molecule has 0 aliphatic heterocycles. The Morgan fingerprint density at radius 2 is 1.80 bits per heavy atom. The second-order valence-electron chi connectivity index (χ2n) is 3.39. The Labute approximate surface area is 93.5 Å². The first-order valence-corrected chi connectivity index (χ1v) is 5.59. The lowest BCUT2D eigenvalue weighted by atomic mass is 10.2. The van der Waals surface area contributed by atoms with Crippen LogP contribution in [0.3, 0.4) is 0 Å². The van der Waals surface area contributed by atoms with Gasteiger partial charge < -0.3 is 14.2 Å². The number of rotatable bonds is 10. The average Bonchev–Trinajstić information content (AvgIpc) is 2.26. The average molecular weight is 219 g/mol. The van der Waals surface area contributed by atoms with Crippen molar-refractivity contribution in [1.29, 1.82) is 0 Å². The van der Waals surface area contributed by atoms with E-state index in [0.717, 1.165) is 32.9 Å². The molecule has 15 heavy (non-hydrogen) atoms. The van der Waals surface area contributed by atoms with E-state index in [1.54, 1.807) is 14.2 Å². The van der Waals surface area contributed by atoms with Gasteiger partial charge in [-0.15, -0.1) is 0 Å². The molecule has 92 valence electrons. The van der Waals surface area contributed by atoms with E-state index >= 15 is 0 Å². The molecule has 0 N–H and O–H groups in total. The van der Waals surface area contributed by atoms with Gasteiger partial charge in [0.2, 0.25) is 0 Å². The highest BCUT2D eigenvalue weighted by Crippen LogP contribution is 2.01. The first-order valence-electron chi connectivity index (χ1n) is 5.59. The van der Waals surface area contributed by atoms with E-state index < -0.39 is 0 Å². The molecule has 0 aromatic rings. The number of ether oxygens (including phenoxy) is 3. The highest BCUT2D eigenvalue weighted by Gasteiger charge is 2.16. The van der Waals surface area contributed by atoms with Crippen molar-refractivity contribution in [3.63, 3.8) is 0 Å². The molecular formula is C11H25NO3. The summed E-state index contributed by atoms with van der Waals surface area (Å²) < 4.78 is 15.7. The van der Waals surface area contributed by atoms with E-state index in [9.17, 15) is 0 Å². The number of hydrogen-bond donors (Lipinski definition) is 0. The van der Waals surface area contributed by atoms with Crippen molar-refractivity contribution in [2.75, 3.05) is 53.7 Å². The molecule has 0 amide bonds. The van der Waals surface area contributed by atoms with Crippen molar-refractivity contribution in [3.8, 4) is 0 Å². The Bertz CT molecular complexity index is 133. The minimum Gasteiger partial charge on any atom is -0.383 e. The smallest absolute Gasteiger partial charge is 0.0644 e. The summed E-state index contributed by atoms with van der Waals surface area (Å²) >= 11 is 0. The molecule has 4 heteroatoms. The van der Waals surface area contributed by atoms with Gasteiger partial charge in [0.15, 0.2) is 0 Å². The van der Waals surface area contributed by atoms with Gasteiger partial charge in [0.1, 0.15) is 0 Å². The highest BCUT2D eigenvalue weighted by molar-refractivity contribution is 4.69. The normalized spacial score (nSPS) is 13.4. The van der Waals surface area contributed by atoms with Crippen LogP contribution in [0.1, 0.15) is 13.8 Å². The Morgan fingerprint density at radius 3 is 2.27 bits per heavy atom. The van der Waals surface area contributed by atoms with E-state index in [-0.39, 0.29) is 0 Å². The summed E-state index contributed by atoms with van der Waals surface area (Å²) in [5, 5.41) is 0. The molecular weight excluding hydrogens is 194 g/mol. The molecule has 1 unspecified atom stereocenters. The van der Waals surface area contributed by atoms with Gasteiger partial charge in [-0.1, -0.05) is 6.92 Å². The molecule has 0 fully saturated rings. The molecule has 1 atom stereocenters. The van der Waals surface area contributed by atoms with E-state index in [1.165, 1.54) is 0 Å². The highest BCUT2D eigenvalue weighted by atomic mass is 16.5. The van der Waals surface area contributed by atoms with E-state index in [4.69, 9.17) is 14.2 Å². The van der Waals surface area contributed by atoms with Gasteiger partial charge >= 0.3 is 0 Å². The lowest BCUT2D eigenvalue weighted by Gasteiger charge is -2.29. The van der Waals surface area contributed by atoms with Gasteiger partial charge in [-0.2, -0.15) is 0 Å². The maximum absolute atomic E-state index is 5.45. The third-order valence-electron chi connectivity index (χ3n) is 2.38. The van der Waals surface area contributed by atoms with Crippen molar-refractivity contribution in [2.24, 2.45) is 0 Å². The van der Waals surface area contributed by atoms with E-state index in [0.29, 0.717) is 12.6 Å². The molecule has 0 aromatic carbocycles. The minimum atomic E-state index is 0.329. The maximum Gasteiger partial charge on any atom is 0.0644 e. The molecule has 0 radical (unpaired) electrons. The van der Waals surface area contributed by atoms with Crippen LogP contribution in [0.5, 0.6) is 0 Å². The summed E-state index contributed by atoms with van der Waals surface area (Å²) in [7, 11) is 3.45. The molecule has 0 heterocycles. The summed E-state index contributed by atoms with van der Waals surface area (Å²) in [6.07, 6.45) is 0. The fourth-order valence-corrected chi connectivity index (χ4v) is 1.51. The Morgan fingerprint density at radius 1 is 1.07 bits per heavy atom. The van der Waals surface area contributed by atoms with Crippen LogP contribution in [0.15, 0.2) is 0 Å². The third-order valence-corrected chi connectivity index (χ3v) is 2.38. The van der Waals surface area contributed by atoms with Crippen LogP contribution in [-0.4, -0.2) is 64.7 Å². The fourth-order valence-electron chi connectivity index (χ4n) is 1.51. The van der Waals surface area contributed by atoms with E-state index in [1.807, 2.05) is 6.92 Å². The van der Waals surface area contributed by atoms with Gasteiger partial charge in [-0.05, 0) is 13.5 Å². The zero-order chi connectivity index (χ0) is 11.5. The van der Waals surface area contributed by atoms with Crippen molar-refractivity contribution >= 4 is 0 Å². The predicted molar refractivity (Wildman–Crippen MR) is 61.3 cm³/mol. The number of likely N-dealkylation sites (N-methyl/N-ethyl adjacent to an activating group) is 1. The second kappa shape index (κ2) is 10.4. The standard InChI is InChI=1S/C11H25NO3/c1-5-12(7-8-13-3)11(9-14-4)10-15-6-2/h11H,5-10H2,1-4H3.